The molecule has 0 aromatic rings. The lowest BCUT2D eigenvalue weighted by Crippen LogP contribution is -2.56. The molecule has 2 aliphatic rings. The van der Waals surface area contributed by atoms with Crippen LogP contribution < -0.4 is 0 Å². The fourth-order valence-corrected chi connectivity index (χ4v) is 4.03. The first-order valence-corrected chi connectivity index (χ1v) is 7.33. The second-order valence-electron chi connectivity index (χ2n) is 6.96. The van der Waals surface area contributed by atoms with E-state index >= 15 is 0 Å². The monoisotopic (exact) mass is 253 g/mol. The van der Waals surface area contributed by atoms with Crippen molar-refractivity contribution in [2.75, 3.05) is 13.6 Å². The Labute approximate surface area is 111 Å². The molecule has 18 heavy (non-hydrogen) atoms. The summed E-state index contributed by atoms with van der Waals surface area (Å²) < 4.78 is 0. The maximum atomic E-state index is 12.0. The SMILES string of the molecule is CN1CCC(C(=O)O)(C2CCCCC2)CC1(C)C. The molecule has 2 fully saturated rings. The summed E-state index contributed by atoms with van der Waals surface area (Å²) in [5.74, 6) is -0.146. The van der Waals surface area contributed by atoms with E-state index in [4.69, 9.17) is 0 Å². The summed E-state index contributed by atoms with van der Waals surface area (Å²) in [4.78, 5) is 14.3. The van der Waals surface area contributed by atoms with Crippen molar-refractivity contribution in [1.29, 1.82) is 0 Å². The molecule has 1 N–H and O–H groups in total. The molecule has 1 aliphatic carbocycles. The standard InChI is InChI=1S/C15H27NO2/c1-14(2)11-15(13(17)18,9-10-16(14)3)12-7-5-4-6-8-12/h12H,4-11H2,1-3H3,(H,17,18). The molecule has 0 bridgehead atoms. The lowest BCUT2D eigenvalue weighted by Gasteiger charge is -2.52. The molecule has 2 rings (SSSR count). The van der Waals surface area contributed by atoms with E-state index < -0.39 is 11.4 Å². The first-order valence-electron chi connectivity index (χ1n) is 7.33. The highest BCUT2D eigenvalue weighted by Crippen LogP contribution is 2.50. The normalized spacial score (nSPS) is 34.4. The molecule has 1 saturated heterocycles. The zero-order valence-corrected chi connectivity index (χ0v) is 12.0. The molecule has 104 valence electrons. The minimum atomic E-state index is -0.546. The lowest BCUT2D eigenvalue weighted by atomic mass is 9.60. The smallest absolute Gasteiger partial charge is 0.310 e. The third-order valence-electron chi connectivity index (χ3n) is 5.49. The first kappa shape index (κ1) is 13.9. The van der Waals surface area contributed by atoms with Gasteiger partial charge >= 0.3 is 5.97 Å². The first-order chi connectivity index (χ1) is 8.38. The van der Waals surface area contributed by atoms with Crippen LogP contribution in [0.4, 0.5) is 0 Å². The second kappa shape index (κ2) is 4.84. The topological polar surface area (TPSA) is 40.5 Å². The molecule has 1 saturated carbocycles. The van der Waals surface area contributed by atoms with Gasteiger partial charge in [0.2, 0.25) is 0 Å². The highest BCUT2D eigenvalue weighted by Gasteiger charge is 2.52. The maximum Gasteiger partial charge on any atom is 0.310 e. The van der Waals surface area contributed by atoms with Gasteiger partial charge in [-0.15, -0.1) is 0 Å². The minimum absolute atomic E-state index is 0.00802. The van der Waals surface area contributed by atoms with Crippen molar-refractivity contribution in [3.63, 3.8) is 0 Å². The van der Waals surface area contributed by atoms with Crippen LogP contribution in [0.3, 0.4) is 0 Å². The van der Waals surface area contributed by atoms with Gasteiger partial charge in [0, 0.05) is 5.54 Å². The Balaban J connectivity index is 2.24. The van der Waals surface area contributed by atoms with E-state index in [-0.39, 0.29) is 5.54 Å². The lowest BCUT2D eigenvalue weighted by molar-refractivity contribution is -0.162. The number of rotatable bonds is 2. The molecule has 1 aliphatic heterocycles. The van der Waals surface area contributed by atoms with Crippen LogP contribution in [0.5, 0.6) is 0 Å². The summed E-state index contributed by atoms with van der Waals surface area (Å²) in [7, 11) is 2.12. The summed E-state index contributed by atoms with van der Waals surface area (Å²) in [5.41, 5.74) is -0.454. The van der Waals surface area contributed by atoms with Gasteiger partial charge in [0.1, 0.15) is 0 Å². The van der Waals surface area contributed by atoms with E-state index in [9.17, 15) is 9.90 Å². The molecule has 1 unspecified atom stereocenters. The van der Waals surface area contributed by atoms with Gasteiger partial charge in [-0.1, -0.05) is 19.3 Å². The Morgan fingerprint density at radius 3 is 2.33 bits per heavy atom. The van der Waals surface area contributed by atoms with E-state index in [0.29, 0.717) is 5.92 Å². The number of hydrogen-bond donors (Lipinski definition) is 1. The maximum absolute atomic E-state index is 12.0. The molecule has 0 radical (unpaired) electrons. The van der Waals surface area contributed by atoms with E-state index in [1.807, 2.05) is 0 Å². The molecule has 0 aromatic heterocycles. The fraction of sp³-hybridized carbons (Fsp3) is 0.933. The summed E-state index contributed by atoms with van der Waals surface area (Å²) in [6.45, 7) is 5.29. The number of carboxylic acids is 1. The van der Waals surface area contributed by atoms with Crippen molar-refractivity contribution in [3.8, 4) is 0 Å². The Morgan fingerprint density at radius 2 is 1.83 bits per heavy atom. The highest BCUT2D eigenvalue weighted by molar-refractivity contribution is 5.75. The van der Waals surface area contributed by atoms with Gasteiger partial charge in [-0.05, 0) is 59.0 Å². The van der Waals surface area contributed by atoms with E-state index in [1.54, 1.807) is 0 Å². The summed E-state index contributed by atoms with van der Waals surface area (Å²) in [5, 5.41) is 9.84. The number of hydrogen-bond acceptors (Lipinski definition) is 2. The molecule has 1 atom stereocenters. The average Bonchev–Trinajstić information content (AvgIpc) is 2.33. The van der Waals surface area contributed by atoms with E-state index in [2.05, 4.69) is 25.8 Å². The van der Waals surface area contributed by atoms with Crippen LogP contribution in [0.15, 0.2) is 0 Å². The summed E-state index contributed by atoms with van der Waals surface area (Å²) in [6, 6.07) is 0. The van der Waals surface area contributed by atoms with Crippen molar-refractivity contribution in [1.82, 2.24) is 4.90 Å². The van der Waals surface area contributed by atoms with Gasteiger partial charge in [0.25, 0.3) is 0 Å². The van der Waals surface area contributed by atoms with Crippen LogP contribution in [0.1, 0.15) is 58.8 Å². The number of likely N-dealkylation sites (tertiary alicyclic amines) is 1. The van der Waals surface area contributed by atoms with Gasteiger partial charge in [-0.25, -0.2) is 0 Å². The van der Waals surface area contributed by atoms with E-state index in [0.717, 1.165) is 32.2 Å². The predicted molar refractivity (Wildman–Crippen MR) is 72.6 cm³/mol. The molecule has 3 heteroatoms. The third kappa shape index (κ3) is 2.29. The number of aliphatic carboxylic acids is 1. The van der Waals surface area contributed by atoms with Crippen molar-refractivity contribution >= 4 is 5.97 Å². The minimum Gasteiger partial charge on any atom is -0.481 e. The van der Waals surface area contributed by atoms with Crippen LogP contribution in [0.2, 0.25) is 0 Å². The van der Waals surface area contributed by atoms with Gasteiger partial charge in [-0.2, -0.15) is 0 Å². The second-order valence-corrected chi connectivity index (χ2v) is 6.96. The number of carboxylic acid groups (broad SMARTS) is 1. The Morgan fingerprint density at radius 1 is 1.22 bits per heavy atom. The Bertz CT molecular complexity index is 320. The fourth-order valence-electron chi connectivity index (χ4n) is 4.03. The summed E-state index contributed by atoms with van der Waals surface area (Å²) >= 11 is 0. The number of piperidine rings is 1. The van der Waals surface area contributed by atoms with Crippen molar-refractivity contribution in [2.45, 2.75) is 64.3 Å². The quantitative estimate of drug-likeness (QED) is 0.822. The predicted octanol–water partition coefficient (Wildman–Crippen LogP) is 3.14. The molecule has 0 amide bonds. The molecular formula is C15H27NO2. The van der Waals surface area contributed by atoms with Crippen LogP contribution in [-0.4, -0.2) is 35.1 Å². The van der Waals surface area contributed by atoms with Gasteiger partial charge in [-0.3, -0.25) is 4.79 Å². The molecule has 3 nitrogen and oxygen atoms in total. The number of nitrogens with zero attached hydrogens (tertiary/aromatic N) is 1. The molecule has 0 spiro atoms. The summed E-state index contributed by atoms with van der Waals surface area (Å²) in [6.07, 6.45) is 7.59. The van der Waals surface area contributed by atoms with Crippen molar-refractivity contribution in [3.05, 3.63) is 0 Å². The van der Waals surface area contributed by atoms with Crippen molar-refractivity contribution < 1.29 is 9.90 Å². The van der Waals surface area contributed by atoms with Crippen LogP contribution in [-0.2, 0) is 4.79 Å². The molecular weight excluding hydrogens is 226 g/mol. The zero-order chi connectivity index (χ0) is 13.4. The van der Waals surface area contributed by atoms with Gasteiger partial charge in [0.05, 0.1) is 5.41 Å². The highest BCUT2D eigenvalue weighted by atomic mass is 16.4. The number of carbonyl (C=O) groups is 1. The van der Waals surface area contributed by atoms with Gasteiger partial charge < -0.3 is 10.0 Å². The van der Waals surface area contributed by atoms with Crippen LogP contribution in [0.25, 0.3) is 0 Å². The zero-order valence-electron chi connectivity index (χ0n) is 12.0. The molecule has 1 heterocycles. The average molecular weight is 253 g/mol. The van der Waals surface area contributed by atoms with E-state index in [1.165, 1.54) is 19.3 Å². The van der Waals surface area contributed by atoms with Crippen molar-refractivity contribution in [2.24, 2.45) is 11.3 Å². The van der Waals surface area contributed by atoms with Gasteiger partial charge in [0.15, 0.2) is 0 Å². The Hall–Kier alpha value is -0.570. The molecule has 0 aromatic carbocycles. The third-order valence-corrected chi connectivity index (χ3v) is 5.49. The largest absolute Gasteiger partial charge is 0.481 e. The Kier molecular flexibility index (Phi) is 3.72. The van der Waals surface area contributed by atoms with Crippen LogP contribution in [0, 0.1) is 11.3 Å². The van der Waals surface area contributed by atoms with Crippen LogP contribution >= 0.6 is 0 Å².